The van der Waals surface area contributed by atoms with Crippen LogP contribution in [0.3, 0.4) is 0 Å². The number of carbonyl (C=O) groups is 2. The van der Waals surface area contributed by atoms with E-state index in [4.69, 9.17) is 4.74 Å². The van der Waals surface area contributed by atoms with Gasteiger partial charge in [0.25, 0.3) is 0 Å². The number of urea groups is 1. The van der Waals surface area contributed by atoms with Crippen molar-refractivity contribution in [2.24, 2.45) is 0 Å². The van der Waals surface area contributed by atoms with Crippen LogP contribution in [0.5, 0.6) is 17.4 Å². The average molecular weight is 593 g/mol. The number of hydrogen-bond donors (Lipinski definition) is 3. The Morgan fingerprint density at radius 3 is 2.53 bits per heavy atom. The molecule has 43 heavy (non-hydrogen) atoms. The fraction of sp³-hybridized carbons (Fsp3) is 0.194. The van der Waals surface area contributed by atoms with Gasteiger partial charge in [-0.3, -0.25) is 4.90 Å². The van der Waals surface area contributed by atoms with Crippen LogP contribution in [0.25, 0.3) is 0 Å². The number of halogens is 3. The van der Waals surface area contributed by atoms with E-state index in [1.165, 1.54) is 18.3 Å². The third-order valence-electron chi connectivity index (χ3n) is 6.80. The summed E-state index contributed by atoms with van der Waals surface area (Å²) in [4.78, 5) is 30.5. The Kier molecular flexibility index (Phi) is 8.48. The van der Waals surface area contributed by atoms with Crippen molar-refractivity contribution in [1.29, 1.82) is 0 Å². The molecule has 5 rings (SSSR count). The number of rotatable bonds is 8. The maximum Gasteiger partial charge on any atom is 0.573 e. The number of amides is 2. The largest absolute Gasteiger partial charge is 0.573 e. The van der Waals surface area contributed by atoms with Gasteiger partial charge in [0, 0.05) is 37.1 Å². The number of ether oxygens (including phenoxy) is 2. The number of carboxylic acid groups (broad SMARTS) is 1. The molecule has 0 spiro atoms. The molecule has 0 saturated carbocycles. The van der Waals surface area contributed by atoms with Crippen LogP contribution >= 0.6 is 0 Å². The van der Waals surface area contributed by atoms with Gasteiger partial charge in [0.2, 0.25) is 5.88 Å². The molecule has 9 nitrogen and oxygen atoms in total. The first-order valence-corrected chi connectivity index (χ1v) is 13.3. The molecule has 1 aliphatic heterocycles. The lowest BCUT2D eigenvalue weighted by atomic mass is 9.97. The van der Waals surface area contributed by atoms with Crippen molar-refractivity contribution in [1.82, 2.24) is 9.88 Å². The number of anilines is 2. The summed E-state index contributed by atoms with van der Waals surface area (Å²) in [7, 11) is 0. The molecule has 0 unspecified atom stereocenters. The van der Waals surface area contributed by atoms with Gasteiger partial charge in [-0.15, -0.1) is 13.2 Å². The number of hydrogen-bond acceptors (Lipinski definition) is 6. The second kappa shape index (κ2) is 12.4. The van der Waals surface area contributed by atoms with Crippen molar-refractivity contribution in [2.75, 3.05) is 17.2 Å². The van der Waals surface area contributed by atoms with E-state index < -0.39 is 24.1 Å². The Morgan fingerprint density at radius 1 is 1.02 bits per heavy atom. The zero-order valence-corrected chi connectivity index (χ0v) is 22.9. The summed E-state index contributed by atoms with van der Waals surface area (Å²) in [5.41, 5.74) is 4.72. The van der Waals surface area contributed by atoms with Crippen LogP contribution in [-0.2, 0) is 19.5 Å². The Morgan fingerprint density at radius 2 is 1.81 bits per heavy atom. The quantitative estimate of drug-likeness (QED) is 0.202. The molecule has 0 saturated heterocycles. The fourth-order valence-electron chi connectivity index (χ4n) is 4.88. The minimum atomic E-state index is -4.81. The molecule has 12 heteroatoms. The third-order valence-corrected chi connectivity index (χ3v) is 6.80. The van der Waals surface area contributed by atoms with E-state index in [2.05, 4.69) is 25.3 Å². The molecular weight excluding hydrogens is 565 g/mol. The first-order chi connectivity index (χ1) is 20.5. The third kappa shape index (κ3) is 7.60. The Balaban J connectivity index is 1.24. The van der Waals surface area contributed by atoms with Crippen LogP contribution in [-0.4, -0.2) is 39.9 Å². The molecule has 1 aliphatic rings. The van der Waals surface area contributed by atoms with E-state index in [0.717, 1.165) is 40.9 Å². The van der Waals surface area contributed by atoms with Gasteiger partial charge in [0.05, 0.1) is 5.56 Å². The first kappa shape index (κ1) is 29.4. The van der Waals surface area contributed by atoms with E-state index in [1.54, 1.807) is 25.1 Å². The number of benzene rings is 3. The van der Waals surface area contributed by atoms with Gasteiger partial charge in [-0.2, -0.15) is 0 Å². The number of carbonyl (C=O) groups excluding carboxylic acids is 1. The number of pyridine rings is 1. The monoisotopic (exact) mass is 592 g/mol. The standard InChI is InChI=1S/C31H27F3N4O5/c1-19-16-20(7-12-24(19)29(39)40)17-38-15-13-25-21(18-38)4-2-6-27(25)42-28-26(5-3-14-35-28)37-30(41)36-22-8-10-23(11-9-22)43-31(32,33)34/h2-12,14,16H,13,15,17-18H2,1H3,(H,39,40)(H2,36,37,41). The van der Waals surface area contributed by atoms with Gasteiger partial charge in [-0.1, -0.05) is 24.3 Å². The molecule has 0 radical (unpaired) electrons. The molecule has 3 N–H and O–H groups in total. The molecule has 3 aromatic carbocycles. The Hall–Kier alpha value is -5.10. The molecular formula is C31H27F3N4O5. The maximum atomic E-state index is 12.6. The number of aryl methyl sites for hydroxylation is 1. The van der Waals surface area contributed by atoms with Gasteiger partial charge in [0.15, 0.2) is 0 Å². The highest BCUT2D eigenvalue weighted by Gasteiger charge is 2.31. The summed E-state index contributed by atoms with van der Waals surface area (Å²) in [5, 5.41) is 14.5. The molecule has 222 valence electrons. The van der Waals surface area contributed by atoms with E-state index in [-0.39, 0.29) is 11.6 Å². The number of nitrogens with zero attached hydrogens (tertiary/aromatic N) is 2. The van der Waals surface area contributed by atoms with Crippen LogP contribution in [0.15, 0.2) is 79.0 Å². The van der Waals surface area contributed by atoms with E-state index in [0.29, 0.717) is 36.5 Å². The maximum absolute atomic E-state index is 12.6. The molecule has 2 heterocycles. The average Bonchev–Trinajstić information content (AvgIpc) is 2.94. The van der Waals surface area contributed by atoms with Crippen LogP contribution in [0.4, 0.5) is 29.3 Å². The molecule has 0 bridgehead atoms. The highest BCUT2D eigenvalue weighted by atomic mass is 19.4. The number of fused-ring (bicyclic) bond motifs is 1. The number of aromatic nitrogens is 1. The molecule has 0 aliphatic carbocycles. The summed E-state index contributed by atoms with van der Waals surface area (Å²) < 4.78 is 47.2. The van der Waals surface area contributed by atoms with Gasteiger partial charge < -0.3 is 25.2 Å². The number of aromatic carboxylic acids is 1. The highest BCUT2D eigenvalue weighted by molar-refractivity contribution is 6.00. The lowest BCUT2D eigenvalue weighted by Gasteiger charge is -2.30. The van der Waals surface area contributed by atoms with Gasteiger partial charge in [-0.25, -0.2) is 14.6 Å². The Bertz CT molecular complexity index is 1640. The zero-order chi connectivity index (χ0) is 30.6. The predicted octanol–water partition coefficient (Wildman–Crippen LogP) is 6.98. The SMILES string of the molecule is Cc1cc(CN2CCc3c(cccc3Oc3ncccc3NC(=O)Nc3ccc(OC(F)(F)F)cc3)C2)ccc1C(=O)O. The molecule has 1 aromatic heterocycles. The summed E-state index contributed by atoms with van der Waals surface area (Å²) in [5.74, 6) is -0.554. The van der Waals surface area contributed by atoms with E-state index >= 15 is 0 Å². The molecule has 0 atom stereocenters. The zero-order valence-electron chi connectivity index (χ0n) is 22.9. The highest BCUT2D eigenvalue weighted by Crippen LogP contribution is 2.34. The fourth-order valence-corrected chi connectivity index (χ4v) is 4.88. The summed E-state index contributed by atoms with van der Waals surface area (Å²) in [6, 6.07) is 18.5. The lowest BCUT2D eigenvalue weighted by molar-refractivity contribution is -0.274. The van der Waals surface area contributed by atoms with Crippen molar-refractivity contribution >= 4 is 23.4 Å². The number of nitrogens with one attached hydrogen (secondary N) is 2. The summed E-state index contributed by atoms with van der Waals surface area (Å²) in [6.45, 7) is 3.90. The second-order valence-electron chi connectivity index (χ2n) is 9.92. The second-order valence-corrected chi connectivity index (χ2v) is 9.92. The summed E-state index contributed by atoms with van der Waals surface area (Å²) >= 11 is 0. The van der Waals surface area contributed by atoms with E-state index in [9.17, 15) is 27.9 Å². The minimum absolute atomic E-state index is 0.177. The Labute approximate surface area is 244 Å². The van der Waals surface area contributed by atoms with Crippen molar-refractivity contribution in [2.45, 2.75) is 32.8 Å². The van der Waals surface area contributed by atoms with Gasteiger partial charge in [0.1, 0.15) is 17.2 Å². The van der Waals surface area contributed by atoms with E-state index in [1.807, 2.05) is 30.3 Å². The molecule has 4 aromatic rings. The van der Waals surface area contributed by atoms with Crippen molar-refractivity contribution in [3.63, 3.8) is 0 Å². The van der Waals surface area contributed by atoms with Crippen molar-refractivity contribution in [3.05, 3.63) is 107 Å². The molecule has 0 fully saturated rings. The van der Waals surface area contributed by atoms with Gasteiger partial charge in [-0.05, 0) is 78.6 Å². The molecule has 2 amide bonds. The van der Waals surface area contributed by atoms with Crippen molar-refractivity contribution < 1.29 is 37.3 Å². The van der Waals surface area contributed by atoms with Crippen LogP contribution in [0.1, 0.15) is 32.6 Å². The number of alkyl halides is 3. The lowest BCUT2D eigenvalue weighted by Crippen LogP contribution is -2.30. The minimum Gasteiger partial charge on any atom is -0.478 e. The topological polar surface area (TPSA) is 113 Å². The normalized spacial score (nSPS) is 13.1. The first-order valence-electron chi connectivity index (χ1n) is 13.3. The summed E-state index contributed by atoms with van der Waals surface area (Å²) in [6.07, 6.45) is -2.56. The van der Waals surface area contributed by atoms with Crippen LogP contribution < -0.4 is 20.1 Å². The number of carboxylic acids is 1. The smallest absolute Gasteiger partial charge is 0.478 e. The predicted molar refractivity (Wildman–Crippen MR) is 152 cm³/mol. The van der Waals surface area contributed by atoms with Gasteiger partial charge >= 0.3 is 18.4 Å². The van der Waals surface area contributed by atoms with Crippen LogP contribution in [0, 0.1) is 6.92 Å². The van der Waals surface area contributed by atoms with Crippen molar-refractivity contribution in [3.8, 4) is 17.4 Å². The van der Waals surface area contributed by atoms with Crippen LogP contribution in [0.2, 0.25) is 0 Å².